The summed E-state index contributed by atoms with van der Waals surface area (Å²) >= 11 is 0. The second kappa shape index (κ2) is 4.91. The maximum absolute atomic E-state index is 11.4. The average molecular weight is 246 g/mol. The van der Waals surface area contributed by atoms with E-state index in [0.29, 0.717) is 12.3 Å². The molecule has 0 aliphatic rings. The van der Waals surface area contributed by atoms with Crippen LogP contribution in [-0.4, -0.2) is 17.4 Å². The summed E-state index contributed by atoms with van der Waals surface area (Å²) in [4.78, 5) is 15.4. The molecule has 0 unspecified atom stereocenters. The quantitative estimate of drug-likeness (QED) is 0.838. The molecular weight excluding hydrogens is 232 g/mol. The first-order valence-corrected chi connectivity index (χ1v) is 5.62. The Morgan fingerprint density at radius 3 is 2.61 bits per heavy atom. The lowest BCUT2D eigenvalue weighted by Gasteiger charge is -2.03. The molecule has 2 rings (SSSR count). The fourth-order valence-electron chi connectivity index (χ4n) is 1.65. The van der Waals surface area contributed by atoms with Crippen LogP contribution in [0.1, 0.15) is 24.4 Å². The molecule has 5 heteroatoms. The van der Waals surface area contributed by atoms with Gasteiger partial charge in [-0.1, -0.05) is 0 Å². The molecule has 1 aromatic carbocycles. The van der Waals surface area contributed by atoms with Crippen molar-refractivity contribution >= 4 is 11.8 Å². The fraction of sp³-hybridized carbons (Fsp3) is 0.231. The molecule has 0 bridgehead atoms. The minimum absolute atomic E-state index is 0.0101. The third kappa shape index (κ3) is 2.34. The summed E-state index contributed by atoms with van der Waals surface area (Å²) in [5.74, 6) is 0.738. The number of aromatic nitrogens is 1. The van der Waals surface area contributed by atoms with Crippen LogP contribution in [0.3, 0.4) is 0 Å². The van der Waals surface area contributed by atoms with Gasteiger partial charge in [0.25, 0.3) is 6.01 Å². The molecule has 1 aromatic heterocycles. The monoisotopic (exact) mass is 246 g/mol. The zero-order chi connectivity index (χ0) is 13.1. The van der Waals surface area contributed by atoms with Gasteiger partial charge in [-0.05, 0) is 31.2 Å². The number of nitrogen functional groups attached to an aromatic ring is 1. The molecule has 2 aromatic rings. The van der Waals surface area contributed by atoms with E-state index >= 15 is 0 Å². The lowest BCUT2D eigenvalue weighted by Crippen LogP contribution is -1.94. The third-order valence-corrected chi connectivity index (χ3v) is 2.40. The van der Waals surface area contributed by atoms with Crippen molar-refractivity contribution in [2.75, 3.05) is 12.3 Å². The molecule has 2 N–H and O–H groups in total. The SMILES string of the molecule is CCOc1ccc(-c2nc(N)oc2C(C)=O)cc1. The maximum atomic E-state index is 11.4. The predicted octanol–water partition coefficient (Wildman–Crippen LogP) is 2.53. The van der Waals surface area contributed by atoms with Crippen LogP contribution in [0.2, 0.25) is 0 Å². The van der Waals surface area contributed by atoms with Crippen LogP contribution < -0.4 is 10.5 Å². The molecule has 18 heavy (non-hydrogen) atoms. The minimum Gasteiger partial charge on any atom is -0.494 e. The Kier molecular flexibility index (Phi) is 3.32. The maximum Gasteiger partial charge on any atom is 0.293 e. The van der Waals surface area contributed by atoms with Crippen molar-refractivity contribution in [1.82, 2.24) is 4.98 Å². The van der Waals surface area contributed by atoms with E-state index < -0.39 is 0 Å². The molecule has 0 fully saturated rings. The highest BCUT2D eigenvalue weighted by atomic mass is 16.5. The number of Topliss-reactive ketones (excluding diaryl/α,β-unsaturated/α-hetero) is 1. The minimum atomic E-state index is -0.205. The summed E-state index contributed by atoms with van der Waals surface area (Å²) in [5, 5.41) is 0. The lowest BCUT2D eigenvalue weighted by atomic mass is 10.1. The number of ketones is 1. The molecule has 1 heterocycles. The Morgan fingerprint density at radius 1 is 1.39 bits per heavy atom. The van der Waals surface area contributed by atoms with Crippen LogP contribution in [0.4, 0.5) is 6.01 Å². The van der Waals surface area contributed by atoms with Gasteiger partial charge in [-0.2, -0.15) is 4.98 Å². The fourth-order valence-corrected chi connectivity index (χ4v) is 1.65. The molecule has 0 saturated heterocycles. The van der Waals surface area contributed by atoms with E-state index in [0.717, 1.165) is 11.3 Å². The molecule has 0 aliphatic carbocycles. The Bertz CT molecular complexity index is 558. The number of oxazole rings is 1. The summed E-state index contributed by atoms with van der Waals surface area (Å²) in [5.41, 5.74) is 6.71. The molecule has 0 radical (unpaired) electrons. The number of hydrogen-bond donors (Lipinski definition) is 1. The van der Waals surface area contributed by atoms with Gasteiger partial charge in [0.15, 0.2) is 11.5 Å². The highest BCUT2D eigenvalue weighted by Crippen LogP contribution is 2.27. The number of nitrogens with two attached hydrogens (primary N) is 1. The Morgan fingerprint density at radius 2 is 2.06 bits per heavy atom. The van der Waals surface area contributed by atoms with Crippen LogP contribution in [0.15, 0.2) is 28.7 Å². The van der Waals surface area contributed by atoms with Crippen molar-refractivity contribution in [3.63, 3.8) is 0 Å². The Hall–Kier alpha value is -2.30. The van der Waals surface area contributed by atoms with Crippen LogP contribution in [0.5, 0.6) is 5.75 Å². The summed E-state index contributed by atoms with van der Waals surface area (Å²) in [6, 6.07) is 7.24. The first kappa shape index (κ1) is 12.2. The molecule has 94 valence electrons. The average Bonchev–Trinajstić information content (AvgIpc) is 2.73. The van der Waals surface area contributed by atoms with Gasteiger partial charge in [0.2, 0.25) is 0 Å². The lowest BCUT2D eigenvalue weighted by molar-refractivity contribution is 0.0989. The van der Waals surface area contributed by atoms with Crippen LogP contribution >= 0.6 is 0 Å². The Labute approximate surface area is 105 Å². The number of benzene rings is 1. The van der Waals surface area contributed by atoms with Gasteiger partial charge in [-0.3, -0.25) is 4.79 Å². The standard InChI is InChI=1S/C13H14N2O3/c1-3-17-10-6-4-9(5-7-10)11-12(8(2)16)18-13(14)15-11/h4-7H,3H2,1-2H3,(H2,14,15). The van der Waals surface area contributed by atoms with Crippen molar-refractivity contribution in [3.8, 4) is 17.0 Å². The predicted molar refractivity (Wildman–Crippen MR) is 67.5 cm³/mol. The number of hydrogen-bond acceptors (Lipinski definition) is 5. The molecule has 5 nitrogen and oxygen atoms in total. The number of carbonyl (C=O) groups excluding carboxylic acids is 1. The summed E-state index contributed by atoms with van der Waals surface area (Å²) in [6.45, 7) is 3.94. The second-order valence-corrected chi connectivity index (χ2v) is 3.74. The summed E-state index contributed by atoms with van der Waals surface area (Å²) < 4.78 is 10.4. The van der Waals surface area contributed by atoms with E-state index in [4.69, 9.17) is 14.9 Å². The van der Waals surface area contributed by atoms with Gasteiger partial charge >= 0.3 is 0 Å². The second-order valence-electron chi connectivity index (χ2n) is 3.74. The molecule has 0 saturated carbocycles. The van der Waals surface area contributed by atoms with Gasteiger partial charge in [0, 0.05) is 12.5 Å². The first-order valence-electron chi connectivity index (χ1n) is 5.62. The summed E-state index contributed by atoms with van der Waals surface area (Å²) in [7, 11) is 0. The molecule has 0 atom stereocenters. The van der Waals surface area contributed by atoms with Crippen LogP contribution in [-0.2, 0) is 0 Å². The van der Waals surface area contributed by atoms with Crippen molar-refractivity contribution in [2.24, 2.45) is 0 Å². The number of rotatable bonds is 4. The third-order valence-electron chi connectivity index (χ3n) is 2.40. The van der Waals surface area contributed by atoms with Gasteiger partial charge in [0.1, 0.15) is 11.4 Å². The number of carbonyl (C=O) groups is 1. The molecule has 0 spiro atoms. The van der Waals surface area contributed by atoms with Crippen LogP contribution in [0.25, 0.3) is 11.3 Å². The van der Waals surface area contributed by atoms with Crippen LogP contribution in [0, 0.1) is 0 Å². The van der Waals surface area contributed by atoms with Crippen molar-refractivity contribution < 1.29 is 13.9 Å². The van der Waals surface area contributed by atoms with E-state index in [1.165, 1.54) is 6.92 Å². The smallest absolute Gasteiger partial charge is 0.293 e. The highest BCUT2D eigenvalue weighted by molar-refractivity contribution is 5.97. The molecule has 0 amide bonds. The van der Waals surface area contributed by atoms with Gasteiger partial charge in [-0.15, -0.1) is 0 Å². The van der Waals surface area contributed by atoms with E-state index in [-0.39, 0.29) is 17.6 Å². The topological polar surface area (TPSA) is 78.3 Å². The van der Waals surface area contributed by atoms with E-state index in [2.05, 4.69) is 4.98 Å². The summed E-state index contributed by atoms with van der Waals surface area (Å²) in [6.07, 6.45) is 0. The van der Waals surface area contributed by atoms with E-state index in [1.54, 1.807) is 0 Å². The van der Waals surface area contributed by atoms with Gasteiger partial charge in [0.05, 0.1) is 6.61 Å². The molecular formula is C13H14N2O3. The Balaban J connectivity index is 2.39. The normalized spacial score (nSPS) is 10.3. The zero-order valence-electron chi connectivity index (χ0n) is 10.3. The number of nitrogens with zero attached hydrogens (tertiary/aromatic N) is 1. The van der Waals surface area contributed by atoms with Gasteiger partial charge < -0.3 is 14.9 Å². The number of ether oxygens (including phenoxy) is 1. The van der Waals surface area contributed by atoms with E-state index in [9.17, 15) is 4.79 Å². The van der Waals surface area contributed by atoms with Crippen molar-refractivity contribution in [1.29, 1.82) is 0 Å². The molecule has 0 aliphatic heterocycles. The first-order chi connectivity index (χ1) is 8.61. The largest absolute Gasteiger partial charge is 0.494 e. The number of anilines is 1. The van der Waals surface area contributed by atoms with Crippen molar-refractivity contribution in [2.45, 2.75) is 13.8 Å². The van der Waals surface area contributed by atoms with E-state index in [1.807, 2.05) is 31.2 Å². The van der Waals surface area contributed by atoms with Crippen molar-refractivity contribution in [3.05, 3.63) is 30.0 Å². The highest BCUT2D eigenvalue weighted by Gasteiger charge is 2.17. The zero-order valence-corrected chi connectivity index (χ0v) is 10.3. The van der Waals surface area contributed by atoms with Gasteiger partial charge in [-0.25, -0.2) is 0 Å².